The van der Waals surface area contributed by atoms with Crippen molar-refractivity contribution < 1.29 is 19.4 Å². The van der Waals surface area contributed by atoms with Crippen molar-refractivity contribution >= 4 is 49.5 Å². The van der Waals surface area contributed by atoms with Crippen LogP contribution in [0.4, 0.5) is 5.95 Å². The number of carbonyl (C=O) groups excluding carboxylic acids is 1. The number of carbonyl (C=O) groups is 2. The molecule has 2 N–H and O–H groups in total. The highest BCUT2D eigenvalue weighted by molar-refractivity contribution is 14.1. The van der Waals surface area contributed by atoms with Crippen molar-refractivity contribution in [3.63, 3.8) is 0 Å². The molecule has 1 aromatic carbocycles. The lowest BCUT2D eigenvalue weighted by atomic mass is 10.1. The molecule has 0 radical (unpaired) electrons. The maximum Gasteiger partial charge on any atom is 0.306 e. The van der Waals surface area contributed by atoms with Crippen LogP contribution in [-0.2, 0) is 9.59 Å². The summed E-state index contributed by atoms with van der Waals surface area (Å²) in [7, 11) is 0. The fraction of sp³-hybridized carbons (Fsp3) is 0.368. The third-order valence-corrected chi connectivity index (χ3v) is 5.83. The summed E-state index contributed by atoms with van der Waals surface area (Å²) < 4.78 is 7.22. The number of aromatic nitrogens is 5. The zero-order chi connectivity index (χ0) is 21.1. The maximum atomic E-state index is 11.6. The Morgan fingerprint density at radius 3 is 2.77 bits per heavy atom. The number of benzene rings is 1. The summed E-state index contributed by atoms with van der Waals surface area (Å²) in [6, 6.07) is 7.24. The van der Waals surface area contributed by atoms with Gasteiger partial charge in [-0.3, -0.25) is 9.59 Å². The van der Waals surface area contributed by atoms with Gasteiger partial charge < -0.3 is 15.2 Å². The molecular formula is C19H19IN6O4. The summed E-state index contributed by atoms with van der Waals surface area (Å²) in [5.41, 5.74) is 1.87. The van der Waals surface area contributed by atoms with E-state index in [1.54, 1.807) is 35.1 Å². The molecule has 1 aliphatic carbocycles. The molecule has 0 amide bonds. The first-order valence-corrected chi connectivity index (χ1v) is 10.6. The van der Waals surface area contributed by atoms with Crippen molar-refractivity contribution in [2.45, 2.75) is 31.7 Å². The summed E-state index contributed by atoms with van der Waals surface area (Å²) in [4.78, 5) is 31.0. The standard InChI is InChI=1S/C19H19IN6O4/c20-17(29)11-1-2-12(9-11)22-19-21-10-15-18(23-19)26(25-24-15)13-3-5-14(6-4-13)30-8-7-16(27)28/h3-6,10-12H,1-2,7-9H2,(H,27,28)(H,21,22,23)/t11-,12-/m1/s1. The van der Waals surface area contributed by atoms with E-state index in [1.807, 2.05) is 22.6 Å². The molecule has 0 saturated heterocycles. The number of halogens is 1. The molecule has 11 heteroatoms. The van der Waals surface area contributed by atoms with Crippen molar-refractivity contribution in [3.8, 4) is 11.4 Å². The number of aliphatic carboxylic acids is 1. The normalized spacial score (nSPS) is 18.4. The first kappa shape index (κ1) is 20.4. The monoisotopic (exact) mass is 522 g/mol. The highest BCUT2D eigenvalue weighted by Gasteiger charge is 2.29. The topological polar surface area (TPSA) is 132 Å². The minimum absolute atomic E-state index is 0.0596. The zero-order valence-corrected chi connectivity index (χ0v) is 18.0. The van der Waals surface area contributed by atoms with Crippen molar-refractivity contribution in [2.24, 2.45) is 5.92 Å². The van der Waals surface area contributed by atoms with Crippen LogP contribution in [0.15, 0.2) is 30.5 Å². The Morgan fingerprint density at radius 2 is 2.07 bits per heavy atom. The fourth-order valence-electron chi connectivity index (χ4n) is 3.41. The molecule has 0 spiro atoms. The fourth-order valence-corrected chi connectivity index (χ4v) is 3.98. The summed E-state index contributed by atoms with van der Waals surface area (Å²) >= 11 is 1.87. The van der Waals surface area contributed by atoms with Crippen LogP contribution in [0, 0.1) is 5.92 Å². The Morgan fingerprint density at radius 1 is 1.27 bits per heavy atom. The predicted molar refractivity (Wildman–Crippen MR) is 116 cm³/mol. The second-order valence-corrected chi connectivity index (χ2v) is 8.11. The van der Waals surface area contributed by atoms with E-state index in [1.165, 1.54) is 0 Å². The van der Waals surface area contributed by atoms with Crippen LogP contribution in [0.3, 0.4) is 0 Å². The largest absolute Gasteiger partial charge is 0.493 e. The molecule has 0 aliphatic heterocycles. The summed E-state index contributed by atoms with van der Waals surface area (Å²) in [6.07, 6.45) is 4.12. The molecule has 1 fully saturated rings. The highest BCUT2D eigenvalue weighted by Crippen LogP contribution is 2.30. The van der Waals surface area contributed by atoms with Crippen molar-refractivity contribution in [1.82, 2.24) is 25.0 Å². The molecule has 3 aromatic rings. The van der Waals surface area contributed by atoms with Gasteiger partial charge in [0.05, 0.1) is 24.9 Å². The van der Waals surface area contributed by atoms with Gasteiger partial charge >= 0.3 is 5.97 Å². The Hall–Kier alpha value is -2.83. The van der Waals surface area contributed by atoms with Crippen molar-refractivity contribution in [2.75, 3.05) is 11.9 Å². The van der Waals surface area contributed by atoms with Gasteiger partial charge in [-0.2, -0.15) is 9.67 Å². The van der Waals surface area contributed by atoms with Gasteiger partial charge in [0, 0.05) is 12.0 Å². The molecule has 156 valence electrons. The molecule has 1 aliphatic rings. The SMILES string of the molecule is O=C(O)CCOc1ccc(-n2nnc3cnc(N[C@@H]4CC[C@@H](C(=O)I)C4)nc32)cc1. The zero-order valence-electron chi connectivity index (χ0n) is 15.9. The molecule has 2 heterocycles. The van der Waals surface area contributed by atoms with Gasteiger partial charge in [0.25, 0.3) is 0 Å². The molecule has 0 unspecified atom stereocenters. The van der Waals surface area contributed by atoms with E-state index in [-0.39, 0.29) is 28.8 Å². The van der Waals surface area contributed by atoms with Gasteiger partial charge in [-0.25, -0.2) is 4.98 Å². The molecule has 2 atom stereocenters. The lowest BCUT2D eigenvalue weighted by Crippen LogP contribution is -2.18. The van der Waals surface area contributed by atoms with E-state index >= 15 is 0 Å². The average molecular weight is 522 g/mol. The van der Waals surface area contributed by atoms with E-state index in [9.17, 15) is 9.59 Å². The van der Waals surface area contributed by atoms with Crippen molar-refractivity contribution in [1.29, 1.82) is 0 Å². The third kappa shape index (κ3) is 4.66. The molecule has 10 nitrogen and oxygen atoms in total. The number of nitrogens with zero attached hydrogens (tertiary/aromatic N) is 5. The Balaban J connectivity index is 1.49. The highest BCUT2D eigenvalue weighted by atomic mass is 127. The summed E-state index contributed by atoms with van der Waals surface area (Å²) in [5, 5.41) is 20.3. The van der Waals surface area contributed by atoms with Gasteiger partial charge in [0.1, 0.15) is 5.75 Å². The van der Waals surface area contributed by atoms with E-state index in [4.69, 9.17) is 9.84 Å². The van der Waals surface area contributed by atoms with Crippen LogP contribution >= 0.6 is 22.6 Å². The molecule has 0 bridgehead atoms. The lowest BCUT2D eigenvalue weighted by Gasteiger charge is -2.12. The predicted octanol–water partition coefficient (Wildman–Crippen LogP) is 2.61. The molecule has 30 heavy (non-hydrogen) atoms. The first-order valence-electron chi connectivity index (χ1n) is 9.49. The lowest BCUT2D eigenvalue weighted by molar-refractivity contribution is -0.137. The van der Waals surface area contributed by atoms with Gasteiger partial charge in [0.2, 0.25) is 5.95 Å². The number of carboxylic acid groups (broad SMARTS) is 1. The number of carboxylic acids is 1. The molecular weight excluding hydrogens is 503 g/mol. The third-order valence-electron chi connectivity index (χ3n) is 4.95. The first-order chi connectivity index (χ1) is 14.5. The molecule has 2 aromatic heterocycles. The smallest absolute Gasteiger partial charge is 0.306 e. The molecule has 4 rings (SSSR count). The maximum absolute atomic E-state index is 11.6. The quantitative estimate of drug-likeness (QED) is 0.339. The van der Waals surface area contributed by atoms with Crippen molar-refractivity contribution in [3.05, 3.63) is 30.5 Å². The number of rotatable bonds is 8. The number of hydrogen-bond acceptors (Lipinski definition) is 8. The minimum atomic E-state index is -0.904. The van der Waals surface area contributed by atoms with E-state index < -0.39 is 5.97 Å². The van der Waals surface area contributed by atoms with Crippen LogP contribution in [0.1, 0.15) is 25.7 Å². The van der Waals surface area contributed by atoms with Gasteiger partial charge in [0.15, 0.2) is 15.0 Å². The molecule has 1 saturated carbocycles. The number of nitrogens with one attached hydrogen (secondary N) is 1. The minimum Gasteiger partial charge on any atom is -0.493 e. The van der Waals surface area contributed by atoms with Crippen LogP contribution < -0.4 is 10.1 Å². The number of fused-ring (bicyclic) bond motifs is 1. The summed E-state index contributed by atoms with van der Waals surface area (Å²) in [6.45, 7) is 0.106. The van der Waals surface area contributed by atoms with Gasteiger partial charge in [-0.05, 0) is 66.1 Å². The van der Waals surface area contributed by atoms with E-state index in [0.29, 0.717) is 22.9 Å². The van der Waals surface area contributed by atoms with Crippen LogP contribution in [0.25, 0.3) is 16.9 Å². The second-order valence-electron chi connectivity index (χ2n) is 7.05. The van der Waals surface area contributed by atoms with Gasteiger partial charge in [-0.1, -0.05) is 5.21 Å². The van der Waals surface area contributed by atoms with Gasteiger partial charge in [-0.15, -0.1) is 5.10 Å². The van der Waals surface area contributed by atoms with Crippen LogP contribution in [0.5, 0.6) is 5.75 Å². The number of hydrogen-bond donors (Lipinski definition) is 2. The Labute approximate surface area is 185 Å². The Bertz CT molecular complexity index is 1070. The summed E-state index contributed by atoms with van der Waals surface area (Å²) in [5.74, 6) is 0.238. The second kappa shape index (κ2) is 8.90. The average Bonchev–Trinajstić information content (AvgIpc) is 3.35. The van der Waals surface area contributed by atoms with Crippen LogP contribution in [0.2, 0.25) is 0 Å². The number of anilines is 1. The Kier molecular flexibility index (Phi) is 6.06. The van der Waals surface area contributed by atoms with E-state index in [2.05, 4.69) is 25.6 Å². The number of ether oxygens (including phenoxy) is 1. The van der Waals surface area contributed by atoms with E-state index in [0.717, 1.165) is 24.9 Å². The van der Waals surface area contributed by atoms with Crippen LogP contribution in [-0.4, -0.2) is 52.5 Å².